The number of aromatic nitrogens is 5. The standard InChI is InChI=1S/C26H23F3N6O3/c1-34-23-19(14-31-34)22-20(21(32-23)16-5-3-6-17(13-16)26(27,28)29)25(37)35(33-22)18-9-7-15(8-10-18)24(36)30-11-4-12-38-2/h3,5-10,13-14,33H,4,11-12H2,1-2H3,(H,30,36). The maximum absolute atomic E-state index is 13.6. The minimum absolute atomic E-state index is 0.106. The van der Waals surface area contributed by atoms with E-state index in [-0.39, 0.29) is 22.6 Å². The molecule has 2 N–H and O–H groups in total. The first-order chi connectivity index (χ1) is 18.2. The number of methoxy groups -OCH3 is 1. The number of H-pyrrole nitrogens is 1. The summed E-state index contributed by atoms with van der Waals surface area (Å²) in [4.78, 5) is 30.6. The van der Waals surface area contributed by atoms with Crippen LogP contribution in [0.5, 0.6) is 0 Å². The van der Waals surface area contributed by atoms with Gasteiger partial charge in [-0.2, -0.15) is 18.3 Å². The molecular weight excluding hydrogens is 501 g/mol. The maximum atomic E-state index is 13.6. The SMILES string of the molecule is COCCCNC(=O)c1ccc(-n2[nH]c3c(c(-c4cccc(C(F)(F)F)c4)nc4c3cnn4C)c2=O)cc1. The number of pyridine rings is 1. The Morgan fingerprint density at radius 1 is 1.16 bits per heavy atom. The predicted octanol–water partition coefficient (Wildman–Crippen LogP) is 4.05. The van der Waals surface area contributed by atoms with Crippen LogP contribution >= 0.6 is 0 Å². The van der Waals surface area contributed by atoms with Crippen molar-refractivity contribution in [2.45, 2.75) is 12.6 Å². The van der Waals surface area contributed by atoms with Crippen molar-refractivity contribution in [3.63, 3.8) is 0 Å². The highest BCUT2D eigenvalue weighted by atomic mass is 19.4. The van der Waals surface area contributed by atoms with Gasteiger partial charge in [-0.25, -0.2) is 9.67 Å². The summed E-state index contributed by atoms with van der Waals surface area (Å²) in [7, 11) is 3.25. The second-order valence-corrected chi connectivity index (χ2v) is 8.70. The Kier molecular flexibility index (Phi) is 6.49. The number of nitrogens with zero attached hydrogens (tertiary/aromatic N) is 4. The Bertz CT molecular complexity index is 1700. The highest BCUT2D eigenvalue weighted by Gasteiger charge is 2.31. The van der Waals surface area contributed by atoms with Crippen molar-refractivity contribution in [1.29, 1.82) is 0 Å². The summed E-state index contributed by atoms with van der Waals surface area (Å²) < 4.78 is 48.0. The van der Waals surface area contributed by atoms with Gasteiger partial charge in [-0.15, -0.1) is 0 Å². The Morgan fingerprint density at radius 2 is 1.92 bits per heavy atom. The zero-order valence-electron chi connectivity index (χ0n) is 20.5. The number of carbonyl (C=O) groups is 1. The Hall–Kier alpha value is -4.45. The molecule has 9 nitrogen and oxygen atoms in total. The average Bonchev–Trinajstić information content (AvgIpc) is 3.45. The first-order valence-corrected chi connectivity index (χ1v) is 11.7. The van der Waals surface area contributed by atoms with Gasteiger partial charge in [0.15, 0.2) is 5.65 Å². The van der Waals surface area contributed by atoms with Crippen molar-refractivity contribution in [2.24, 2.45) is 7.05 Å². The van der Waals surface area contributed by atoms with Crippen LogP contribution in [-0.2, 0) is 18.0 Å². The fourth-order valence-electron chi connectivity index (χ4n) is 4.27. The van der Waals surface area contributed by atoms with E-state index < -0.39 is 17.3 Å². The zero-order chi connectivity index (χ0) is 27.0. The molecule has 38 heavy (non-hydrogen) atoms. The molecule has 0 aliphatic carbocycles. The number of ether oxygens (including phenoxy) is 1. The molecular formula is C26H23F3N6O3. The number of alkyl halides is 3. The molecule has 0 bridgehead atoms. The third-order valence-electron chi connectivity index (χ3n) is 6.18. The van der Waals surface area contributed by atoms with E-state index in [1.165, 1.54) is 27.7 Å². The number of halogens is 3. The van der Waals surface area contributed by atoms with Crippen molar-refractivity contribution in [1.82, 2.24) is 29.9 Å². The van der Waals surface area contributed by atoms with Gasteiger partial charge in [0.05, 0.1) is 39.4 Å². The molecule has 0 fully saturated rings. The average molecular weight is 525 g/mol. The summed E-state index contributed by atoms with van der Waals surface area (Å²) in [5.41, 5.74) is 0.556. The van der Waals surface area contributed by atoms with Crippen LogP contribution < -0.4 is 10.9 Å². The van der Waals surface area contributed by atoms with E-state index in [0.717, 1.165) is 12.1 Å². The molecule has 3 aromatic heterocycles. The smallest absolute Gasteiger partial charge is 0.385 e. The Balaban J connectivity index is 1.61. The molecule has 0 aliphatic rings. The van der Waals surface area contributed by atoms with E-state index in [9.17, 15) is 22.8 Å². The van der Waals surface area contributed by atoms with Gasteiger partial charge < -0.3 is 10.1 Å². The first kappa shape index (κ1) is 25.2. The van der Waals surface area contributed by atoms with Crippen LogP contribution in [-0.4, -0.2) is 50.7 Å². The van der Waals surface area contributed by atoms with Gasteiger partial charge in [-0.05, 0) is 42.8 Å². The van der Waals surface area contributed by atoms with E-state index in [4.69, 9.17) is 4.74 Å². The molecule has 5 rings (SSSR count). The van der Waals surface area contributed by atoms with Crippen LogP contribution in [0.4, 0.5) is 13.2 Å². The summed E-state index contributed by atoms with van der Waals surface area (Å²) in [6.07, 6.45) is -2.34. The summed E-state index contributed by atoms with van der Waals surface area (Å²) in [6.45, 7) is 0.992. The summed E-state index contributed by atoms with van der Waals surface area (Å²) >= 11 is 0. The van der Waals surface area contributed by atoms with Crippen molar-refractivity contribution in [2.75, 3.05) is 20.3 Å². The molecule has 3 heterocycles. The van der Waals surface area contributed by atoms with E-state index in [1.807, 2.05) is 0 Å². The van der Waals surface area contributed by atoms with Crippen LogP contribution in [0.2, 0.25) is 0 Å². The third-order valence-corrected chi connectivity index (χ3v) is 6.18. The Labute approximate surface area is 213 Å². The Morgan fingerprint density at radius 3 is 2.63 bits per heavy atom. The molecule has 196 valence electrons. The van der Waals surface area contributed by atoms with Gasteiger partial charge in [0.25, 0.3) is 11.5 Å². The van der Waals surface area contributed by atoms with Gasteiger partial charge in [-0.1, -0.05) is 12.1 Å². The lowest BCUT2D eigenvalue weighted by atomic mass is 10.0. The van der Waals surface area contributed by atoms with Crippen molar-refractivity contribution >= 4 is 27.8 Å². The van der Waals surface area contributed by atoms with Gasteiger partial charge in [-0.3, -0.25) is 19.4 Å². The number of amides is 1. The quantitative estimate of drug-likeness (QED) is 0.313. The van der Waals surface area contributed by atoms with Gasteiger partial charge in [0, 0.05) is 38.4 Å². The van der Waals surface area contributed by atoms with Crippen LogP contribution in [0.1, 0.15) is 22.3 Å². The van der Waals surface area contributed by atoms with Crippen LogP contribution in [0.3, 0.4) is 0 Å². The van der Waals surface area contributed by atoms with Crippen LogP contribution in [0, 0.1) is 0 Å². The fourth-order valence-corrected chi connectivity index (χ4v) is 4.27. The molecule has 0 saturated carbocycles. The van der Waals surface area contributed by atoms with E-state index in [2.05, 4.69) is 20.5 Å². The predicted molar refractivity (Wildman–Crippen MR) is 135 cm³/mol. The monoisotopic (exact) mass is 524 g/mol. The van der Waals surface area contributed by atoms with Gasteiger partial charge >= 0.3 is 6.18 Å². The number of hydrogen-bond acceptors (Lipinski definition) is 5. The number of aromatic amines is 1. The van der Waals surface area contributed by atoms with Crippen molar-refractivity contribution in [3.8, 4) is 16.9 Å². The van der Waals surface area contributed by atoms with Gasteiger partial charge in [0.2, 0.25) is 0 Å². The molecule has 0 atom stereocenters. The van der Waals surface area contributed by atoms with Crippen molar-refractivity contribution in [3.05, 3.63) is 76.2 Å². The number of benzene rings is 2. The number of carbonyl (C=O) groups excluding carboxylic acids is 1. The minimum atomic E-state index is -4.55. The fraction of sp³-hybridized carbons (Fsp3) is 0.231. The lowest BCUT2D eigenvalue weighted by Gasteiger charge is -2.09. The lowest BCUT2D eigenvalue weighted by Crippen LogP contribution is -2.25. The van der Waals surface area contributed by atoms with Crippen LogP contribution in [0.25, 0.3) is 38.9 Å². The molecule has 1 amide bonds. The minimum Gasteiger partial charge on any atom is -0.385 e. The molecule has 0 aliphatic heterocycles. The topological polar surface area (TPSA) is 107 Å². The summed E-state index contributed by atoms with van der Waals surface area (Å²) in [6, 6.07) is 11.1. The van der Waals surface area contributed by atoms with E-state index in [1.54, 1.807) is 38.4 Å². The number of fused-ring (bicyclic) bond motifs is 3. The lowest BCUT2D eigenvalue weighted by molar-refractivity contribution is -0.137. The second-order valence-electron chi connectivity index (χ2n) is 8.70. The van der Waals surface area contributed by atoms with Gasteiger partial charge in [0.1, 0.15) is 0 Å². The second kappa shape index (κ2) is 9.78. The summed E-state index contributed by atoms with van der Waals surface area (Å²) in [5.74, 6) is -0.259. The first-order valence-electron chi connectivity index (χ1n) is 11.7. The molecule has 0 unspecified atom stereocenters. The van der Waals surface area contributed by atoms with E-state index in [0.29, 0.717) is 47.4 Å². The molecule has 0 saturated heterocycles. The number of aryl methyl sites for hydroxylation is 1. The maximum Gasteiger partial charge on any atom is 0.416 e. The molecule has 0 spiro atoms. The summed E-state index contributed by atoms with van der Waals surface area (Å²) in [5, 5.41) is 10.7. The highest BCUT2D eigenvalue weighted by molar-refractivity contribution is 6.07. The molecule has 0 radical (unpaired) electrons. The number of nitrogens with one attached hydrogen (secondary N) is 2. The molecule has 2 aromatic carbocycles. The highest BCUT2D eigenvalue weighted by Crippen LogP contribution is 2.34. The molecule has 12 heteroatoms. The van der Waals surface area contributed by atoms with E-state index >= 15 is 0 Å². The third kappa shape index (κ3) is 4.54. The normalized spacial score (nSPS) is 11.9. The molecule has 5 aromatic rings. The van der Waals surface area contributed by atoms with Crippen LogP contribution in [0.15, 0.2) is 59.5 Å². The van der Waals surface area contributed by atoms with Crippen molar-refractivity contribution < 1.29 is 22.7 Å². The zero-order valence-corrected chi connectivity index (χ0v) is 20.5. The number of rotatable bonds is 7. The largest absolute Gasteiger partial charge is 0.416 e. The number of hydrogen-bond donors (Lipinski definition) is 2.